The number of nitrogens with one attached hydrogen (secondary N) is 1. The van der Waals surface area contributed by atoms with Gasteiger partial charge in [0.2, 0.25) is 10.0 Å². The summed E-state index contributed by atoms with van der Waals surface area (Å²) in [5.41, 5.74) is 1.66. The molecule has 0 amide bonds. The third-order valence-corrected chi connectivity index (χ3v) is 5.34. The minimum Gasteiger partial charge on any atom is -0.259 e. The fourth-order valence-corrected chi connectivity index (χ4v) is 3.96. The van der Waals surface area contributed by atoms with E-state index in [2.05, 4.69) is 9.71 Å². The largest absolute Gasteiger partial charge is 0.269 e. The molecule has 2 aromatic rings. The lowest BCUT2D eigenvalue weighted by atomic mass is 9.93. The van der Waals surface area contributed by atoms with Crippen LogP contribution in [0.4, 0.5) is 5.69 Å². The minimum atomic E-state index is -3.76. The summed E-state index contributed by atoms with van der Waals surface area (Å²) in [7, 11) is -3.76. The van der Waals surface area contributed by atoms with Crippen LogP contribution in [-0.2, 0) is 16.4 Å². The molecule has 0 radical (unpaired) electrons. The van der Waals surface area contributed by atoms with Crippen LogP contribution in [0, 0.1) is 10.1 Å². The van der Waals surface area contributed by atoms with Crippen LogP contribution in [0.1, 0.15) is 30.1 Å². The van der Waals surface area contributed by atoms with Gasteiger partial charge in [0.05, 0.1) is 21.6 Å². The van der Waals surface area contributed by atoms with Gasteiger partial charge in [-0.3, -0.25) is 15.1 Å². The molecule has 3 rings (SSSR count). The average molecular weight is 333 g/mol. The number of pyridine rings is 1. The lowest BCUT2D eigenvalue weighted by molar-refractivity contribution is -0.384. The van der Waals surface area contributed by atoms with Crippen LogP contribution in [-0.4, -0.2) is 18.3 Å². The zero-order valence-corrected chi connectivity index (χ0v) is 13.0. The molecule has 7 nitrogen and oxygen atoms in total. The van der Waals surface area contributed by atoms with Gasteiger partial charge in [-0.2, -0.15) is 0 Å². The molecular weight excluding hydrogens is 318 g/mol. The van der Waals surface area contributed by atoms with E-state index in [1.807, 2.05) is 12.1 Å². The summed E-state index contributed by atoms with van der Waals surface area (Å²) < 4.78 is 27.6. The number of hydrogen-bond acceptors (Lipinski definition) is 5. The second-order valence-electron chi connectivity index (χ2n) is 5.36. The van der Waals surface area contributed by atoms with Crippen molar-refractivity contribution in [2.75, 3.05) is 0 Å². The fourth-order valence-electron chi connectivity index (χ4n) is 2.73. The summed E-state index contributed by atoms with van der Waals surface area (Å²) in [4.78, 5) is 14.4. The predicted octanol–water partition coefficient (Wildman–Crippen LogP) is 2.35. The molecule has 1 heterocycles. The lowest BCUT2D eigenvalue weighted by Crippen LogP contribution is -2.31. The van der Waals surface area contributed by atoms with E-state index < -0.39 is 14.9 Å². The second kappa shape index (κ2) is 6.05. The molecule has 0 bridgehead atoms. The number of benzene rings is 1. The Bertz CT molecular complexity index is 834. The topological polar surface area (TPSA) is 102 Å². The molecule has 1 aromatic heterocycles. The van der Waals surface area contributed by atoms with Gasteiger partial charge in [-0.05, 0) is 43.0 Å². The van der Waals surface area contributed by atoms with E-state index in [0.29, 0.717) is 6.42 Å². The monoisotopic (exact) mass is 333 g/mol. The van der Waals surface area contributed by atoms with Gasteiger partial charge < -0.3 is 0 Å². The third kappa shape index (κ3) is 3.22. The number of rotatable bonds is 4. The predicted molar refractivity (Wildman–Crippen MR) is 83.3 cm³/mol. The van der Waals surface area contributed by atoms with E-state index in [1.165, 1.54) is 24.3 Å². The van der Waals surface area contributed by atoms with Crippen LogP contribution >= 0.6 is 0 Å². The highest BCUT2D eigenvalue weighted by Crippen LogP contribution is 2.29. The van der Waals surface area contributed by atoms with Gasteiger partial charge in [0, 0.05) is 18.3 Å². The summed E-state index contributed by atoms with van der Waals surface area (Å²) in [6, 6.07) is 8.26. The summed E-state index contributed by atoms with van der Waals surface area (Å²) in [6.45, 7) is 0. The van der Waals surface area contributed by atoms with Crippen molar-refractivity contribution in [3.8, 4) is 0 Å². The lowest BCUT2D eigenvalue weighted by Gasteiger charge is -2.24. The molecule has 0 aliphatic heterocycles. The van der Waals surface area contributed by atoms with Crippen LogP contribution in [0.5, 0.6) is 0 Å². The number of sulfonamides is 1. The first-order valence-corrected chi connectivity index (χ1v) is 8.66. The highest BCUT2D eigenvalue weighted by Gasteiger charge is 2.27. The number of aromatic nitrogens is 1. The fraction of sp³-hybridized carbons (Fsp3) is 0.267. The Balaban J connectivity index is 1.86. The normalized spacial score (nSPS) is 17.5. The highest BCUT2D eigenvalue weighted by atomic mass is 32.2. The van der Waals surface area contributed by atoms with Gasteiger partial charge in [-0.15, -0.1) is 0 Å². The zero-order valence-electron chi connectivity index (χ0n) is 12.2. The Morgan fingerprint density at radius 1 is 1.22 bits per heavy atom. The second-order valence-corrected chi connectivity index (χ2v) is 7.08. The van der Waals surface area contributed by atoms with E-state index in [1.54, 1.807) is 6.20 Å². The number of hydrogen-bond donors (Lipinski definition) is 1. The number of nitro benzene ring substituents is 1. The zero-order chi connectivity index (χ0) is 16.4. The maximum absolute atomic E-state index is 12.5. The summed E-state index contributed by atoms with van der Waals surface area (Å²) in [5.74, 6) is 0. The summed E-state index contributed by atoms with van der Waals surface area (Å²) >= 11 is 0. The number of aryl methyl sites for hydroxylation is 1. The molecule has 0 fully saturated rings. The Hall–Kier alpha value is -2.32. The molecule has 23 heavy (non-hydrogen) atoms. The number of non-ortho nitro benzene ring substituents is 1. The molecule has 1 atom stereocenters. The first-order valence-electron chi connectivity index (χ1n) is 7.18. The van der Waals surface area contributed by atoms with Crippen LogP contribution in [0.25, 0.3) is 0 Å². The summed E-state index contributed by atoms with van der Waals surface area (Å²) in [6.07, 6.45) is 4.10. The van der Waals surface area contributed by atoms with Crippen LogP contribution < -0.4 is 4.72 Å². The van der Waals surface area contributed by atoms with E-state index >= 15 is 0 Å². The SMILES string of the molecule is O=[N+]([O-])c1ccc(S(=O)(=O)N[C@H]2CCCc3cccnc32)cc1. The molecule has 0 saturated carbocycles. The maximum Gasteiger partial charge on any atom is 0.269 e. The minimum absolute atomic E-state index is 0.00570. The Morgan fingerprint density at radius 2 is 1.96 bits per heavy atom. The third-order valence-electron chi connectivity index (χ3n) is 3.85. The number of nitro groups is 1. The van der Waals surface area contributed by atoms with Crippen LogP contribution in [0.3, 0.4) is 0 Å². The van der Waals surface area contributed by atoms with Crippen molar-refractivity contribution < 1.29 is 13.3 Å². The molecule has 0 saturated heterocycles. The molecule has 1 N–H and O–H groups in total. The summed E-state index contributed by atoms with van der Waals surface area (Å²) in [5, 5.41) is 10.6. The van der Waals surface area contributed by atoms with E-state index in [9.17, 15) is 18.5 Å². The van der Waals surface area contributed by atoms with Crippen LogP contribution in [0.2, 0.25) is 0 Å². The first-order chi connectivity index (χ1) is 11.0. The van der Waals surface area contributed by atoms with Crippen molar-refractivity contribution in [2.45, 2.75) is 30.2 Å². The van der Waals surface area contributed by atoms with Gasteiger partial charge >= 0.3 is 0 Å². The quantitative estimate of drug-likeness (QED) is 0.683. The molecule has 0 unspecified atom stereocenters. The van der Waals surface area contributed by atoms with Gasteiger partial charge in [-0.1, -0.05) is 6.07 Å². The number of nitrogens with zero attached hydrogens (tertiary/aromatic N) is 2. The van der Waals surface area contributed by atoms with E-state index in [-0.39, 0.29) is 16.6 Å². The van der Waals surface area contributed by atoms with Crippen molar-refractivity contribution in [3.63, 3.8) is 0 Å². The average Bonchev–Trinajstić information content (AvgIpc) is 2.55. The van der Waals surface area contributed by atoms with Gasteiger partial charge in [0.25, 0.3) is 5.69 Å². The smallest absolute Gasteiger partial charge is 0.259 e. The van der Waals surface area contributed by atoms with Gasteiger partial charge in [-0.25, -0.2) is 13.1 Å². The standard InChI is InChI=1S/C15H15N3O4S/c19-18(20)12-6-8-13(9-7-12)23(21,22)17-14-5-1-3-11-4-2-10-16-15(11)14/h2,4,6-10,14,17H,1,3,5H2/t14-/m0/s1. The van der Waals surface area contributed by atoms with Crippen LogP contribution in [0.15, 0.2) is 47.5 Å². The number of fused-ring (bicyclic) bond motifs is 1. The van der Waals surface area contributed by atoms with E-state index in [0.717, 1.165) is 24.1 Å². The van der Waals surface area contributed by atoms with Crippen molar-refractivity contribution in [1.29, 1.82) is 0 Å². The van der Waals surface area contributed by atoms with Gasteiger partial charge in [0.15, 0.2) is 0 Å². The first kappa shape index (κ1) is 15.6. The molecule has 8 heteroatoms. The highest BCUT2D eigenvalue weighted by molar-refractivity contribution is 7.89. The molecule has 1 aromatic carbocycles. The van der Waals surface area contributed by atoms with Gasteiger partial charge in [0.1, 0.15) is 0 Å². The molecule has 0 spiro atoms. The molecule has 1 aliphatic rings. The van der Waals surface area contributed by atoms with Crippen molar-refractivity contribution >= 4 is 15.7 Å². The van der Waals surface area contributed by atoms with E-state index in [4.69, 9.17) is 0 Å². The maximum atomic E-state index is 12.5. The van der Waals surface area contributed by atoms with Crippen molar-refractivity contribution in [1.82, 2.24) is 9.71 Å². The van der Waals surface area contributed by atoms with Crippen molar-refractivity contribution in [3.05, 3.63) is 64.0 Å². The molecular formula is C15H15N3O4S. The Kier molecular flexibility index (Phi) is 4.10. The molecule has 1 aliphatic carbocycles. The Labute approximate surface area is 133 Å². The Morgan fingerprint density at radius 3 is 2.65 bits per heavy atom. The molecule has 120 valence electrons. The van der Waals surface area contributed by atoms with Crippen molar-refractivity contribution in [2.24, 2.45) is 0 Å².